The highest BCUT2D eigenvalue weighted by Gasteiger charge is 2.12. The molecular formula is C15H15ClO. The fourth-order valence-electron chi connectivity index (χ4n) is 1.93. The summed E-state index contributed by atoms with van der Waals surface area (Å²) in [5.41, 5.74) is 2.39. The summed E-state index contributed by atoms with van der Waals surface area (Å²) in [6.07, 6.45) is 1.53. The zero-order valence-corrected chi connectivity index (χ0v) is 10.3. The Kier molecular flexibility index (Phi) is 5.44. The van der Waals surface area contributed by atoms with Gasteiger partial charge in [-0.3, -0.25) is 0 Å². The van der Waals surface area contributed by atoms with Crippen LogP contribution in [0.3, 0.4) is 0 Å². The van der Waals surface area contributed by atoms with E-state index in [1.54, 1.807) is 0 Å². The third kappa shape index (κ3) is 3.43. The van der Waals surface area contributed by atoms with E-state index in [1.807, 2.05) is 36.4 Å². The summed E-state index contributed by atoms with van der Waals surface area (Å²) in [6, 6.07) is 20.3. The molecular weight excluding hydrogens is 232 g/mol. The van der Waals surface area contributed by atoms with Crippen LogP contribution >= 0.6 is 12.4 Å². The van der Waals surface area contributed by atoms with Gasteiger partial charge in [0, 0.05) is 12.3 Å². The molecule has 0 radical (unpaired) electrons. The number of hydrogen-bond acceptors (Lipinski definition) is 1. The van der Waals surface area contributed by atoms with Gasteiger partial charge in [0.2, 0.25) is 0 Å². The lowest BCUT2D eigenvalue weighted by Gasteiger charge is -2.14. The largest absolute Gasteiger partial charge is 0.303 e. The molecule has 0 aliphatic heterocycles. The van der Waals surface area contributed by atoms with Gasteiger partial charge in [0.15, 0.2) is 0 Å². The van der Waals surface area contributed by atoms with E-state index in [4.69, 9.17) is 0 Å². The number of hydrogen-bond donors (Lipinski definition) is 0. The molecule has 0 saturated heterocycles. The second-order valence-corrected chi connectivity index (χ2v) is 3.78. The summed E-state index contributed by atoms with van der Waals surface area (Å²) in [5.74, 6) is 0.180. The lowest BCUT2D eigenvalue weighted by Crippen LogP contribution is -2.01. The average molecular weight is 247 g/mol. The number of halogens is 1. The van der Waals surface area contributed by atoms with Gasteiger partial charge in [-0.2, -0.15) is 0 Å². The molecule has 0 atom stereocenters. The average Bonchev–Trinajstić information content (AvgIpc) is 2.38. The van der Waals surface area contributed by atoms with Gasteiger partial charge in [0.25, 0.3) is 0 Å². The molecule has 0 bridgehead atoms. The Morgan fingerprint density at radius 1 is 0.824 bits per heavy atom. The van der Waals surface area contributed by atoms with E-state index < -0.39 is 0 Å². The van der Waals surface area contributed by atoms with E-state index in [2.05, 4.69) is 24.3 Å². The van der Waals surface area contributed by atoms with Crippen LogP contribution in [-0.4, -0.2) is 6.29 Å². The summed E-state index contributed by atoms with van der Waals surface area (Å²) < 4.78 is 0. The maximum atomic E-state index is 10.8. The molecule has 2 aromatic carbocycles. The number of rotatable bonds is 4. The number of carbonyl (C=O) groups is 1. The predicted molar refractivity (Wildman–Crippen MR) is 72.7 cm³/mol. The summed E-state index contributed by atoms with van der Waals surface area (Å²) in [4.78, 5) is 10.8. The van der Waals surface area contributed by atoms with E-state index in [1.165, 1.54) is 11.1 Å². The van der Waals surface area contributed by atoms with Crippen molar-refractivity contribution in [1.82, 2.24) is 0 Å². The van der Waals surface area contributed by atoms with Crippen LogP contribution in [0, 0.1) is 0 Å². The minimum atomic E-state index is 0. The second-order valence-electron chi connectivity index (χ2n) is 3.78. The van der Waals surface area contributed by atoms with Crippen molar-refractivity contribution in [3.63, 3.8) is 0 Å². The van der Waals surface area contributed by atoms with Crippen molar-refractivity contribution in [3.05, 3.63) is 71.8 Å². The zero-order chi connectivity index (χ0) is 11.2. The van der Waals surface area contributed by atoms with Crippen molar-refractivity contribution in [3.8, 4) is 0 Å². The van der Waals surface area contributed by atoms with Gasteiger partial charge >= 0.3 is 0 Å². The van der Waals surface area contributed by atoms with Crippen molar-refractivity contribution in [2.45, 2.75) is 12.3 Å². The first-order chi connectivity index (χ1) is 7.92. The van der Waals surface area contributed by atoms with Gasteiger partial charge in [0.05, 0.1) is 0 Å². The van der Waals surface area contributed by atoms with Gasteiger partial charge in [-0.25, -0.2) is 0 Å². The number of aldehydes is 1. The summed E-state index contributed by atoms with van der Waals surface area (Å²) in [5, 5.41) is 0. The Labute approximate surface area is 108 Å². The van der Waals surface area contributed by atoms with Gasteiger partial charge in [-0.05, 0) is 11.1 Å². The van der Waals surface area contributed by atoms with Crippen LogP contribution in [0.2, 0.25) is 0 Å². The molecule has 88 valence electrons. The van der Waals surface area contributed by atoms with Gasteiger partial charge in [0.1, 0.15) is 6.29 Å². The maximum Gasteiger partial charge on any atom is 0.120 e. The highest BCUT2D eigenvalue weighted by Crippen LogP contribution is 2.26. The molecule has 0 saturated carbocycles. The molecule has 0 unspecified atom stereocenters. The maximum absolute atomic E-state index is 10.8. The van der Waals surface area contributed by atoms with E-state index in [0.717, 1.165) is 6.29 Å². The summed E-state index contributed by atoms with van der Waals surface area (Å²) in [7, 11) is 0. The Hall–Kier alpha value is -1.60. The molecule has 0 heterocycles. The third-order valence-electron chi connectivity index (χ3n) is 2.74. The first-order valence-corrected chi connectivity index (χ1v) is 5.45. The Balaban J connectivity index is 0.00000144. The van der Waals surface area contributed by atoms with Gasteiger partial charge < -0.3 is 4.79 Å². The summed E-state index contributed by atoms with van der Waals surface area (Å²) in [6.45, 7) is 0. The molecule has 0 spiro atoms. The van der Waals surface area contributed by atoms with Crippen molar-refractivity contribution < 1.29 is 4.79 Å². The molecule has 0 aliphatic carbocycles. The molecule has 0 N–H and O–H groups in total. The second kappa shape index (κ2) is 6.87. The highest BCUT2D eigenvalue weighted by molar-refractivity contribution is 5.85. The molecule has 0 aliphatic rings. The van der Waals surface area contributed by atoms with E-state index in [-0.39, 0.29) is 18.3 Å². The molecule has 0 amide bonds. The normalized spacial score (nSPS) is 9.71. The Morgan fingerprint density at radius 2 is 1.24 bits per heavy atom. The fraction of sp³-hybridized carbons (Fsp3) is 0.133. The van der Waals surface area contributed by atoms with Gasteiger partial charge in [-0.15, -0.1) is 12.4 Å². The molecule has 17 heavy (non-hydrogen) atoms. The fourth-order valence-corrected chi connectivity index (χ4v) is 1.93. The molecule has 2 aromatic rings. The van der Waals surface area contributed by atoms with Crippen molar-refractivity contribution in [2.24, 2.45) is 0 Å². The third-order valence-corrected chi connectivity index (χ3v) is 2.74. The SMILES string of the molecule is Cl.O=CCC(c1ccccc1)c1ccccc1. The van der Waals surface area contributed by atoms with E-state index >= 15 is 0 Å². The predicted octanol–water partition coefficient (Wildman–Crippen LogP) is 3.83. The van der Waals surface area contributed by atoms with Crippen molar-refractivity contribution in [1.29, 1.82) is 0 Å². The van der Waals surface area contributed by atoms with Crippen LogP contribution in [-0.2, 0) is 4.79 Å². The van der Waals surface area contributed by atoms with Crippen LogP contribution in [0.5, 0.6) is 0 Å². The lowest BCUT2D eigenvalue weighted by atomic mass is 9.89. The minimum absolute atomic E-state index is 0. The molecule has 0 aromatic heterocycles. The van der Waals surface area contributed by atoms with E-state index in [0.29, 0.717) is 6.42 Å². The van der Waals surface area contributed by atoms with Crippen LogP contribution < -0.4 is 0 Å². The topological polar surface area (TPSA) is 17.1 Å². The van der Waals surface area contributed by atoms with Gasteiger partial charge in [-0.1, -0.05) is 60.7 Å². The van der Waals surface area contributed by atoms with Crippen molar-refractivity contribution in [2.75, 3.05) is 0 Å². The smallest absolute Gasteiger partial charge is 0.120 e. The monoisotopic (exact) mass is 246 g/mol. The van der Waals surface area contributed by atoms with E-state index in [9.17, 15) is 4.79 Å². The Morgan fingerprint density at radius 3 is 1.59 bits per heavy atom. The molecule has 2 rings (SSSR count). The van der Waals surface area contributed by atoms with Crippen molar-refractivity contribution >= 4 is 18.7 Å². The molecule has 0 fully saturated rings. The first-order valence-electron chi connectivity index (χ1n) is 5.45. The molecule has 2 heteroatoms. The molecule has 1 nitrogen and oxygen atoms in total. The Bertz CT molecular complexity index is 399. The van der Waals surface area contributed by atoms with Crippen LogP contribution in [0.1, 0.15) is 23.5 Å². The summed E-state index contributed by atoms with van der Waals surface area (Å²) >= 11 is 0. The standard InChI is InChI=1S/C15H14O.ClH/c16-12-11-15(13-7-3-1-4-8-13)14-9-5-2-6-10-14;/h1-10,12,15H,11H2;1H. The highest BCUT2D eigenvalue weighted by atomic mass is 35.5. The number of benzene rings is 2. The quantitative estimate of drug-likeness (QED) is 0.750. The first kappa shape index (κ1) is 13.5. The number of carbonyl (C=O) groups excluding carboxylic acids is 1. The van der Waals surface area contributed by atoms with Crippen LogP contribution in [0.4, 0.5) is 0 Å². The van der Waals surface area contributed by atoms with Crippen LogP contribution in [0.25, 0.3) is 0 Å². The van der Waals surface area contributed by atoms with Crippen LogP contribution in [0.15, 0.2) is 60.7 Å². The lowest BCUT2D eigenvalue weighted by molar-refractivity contribution is -0.108. The zero-order valence-electron chi connectivity index (χ0n) is 9.45. The minimum Gasteiger partial charge on any atom is -0.303 e.